The minimum Gasteiger partial charge on any atom is -0.480 e. The molecule has 0 spiro atoms. The summed E-state index contributed by atoms with van der Waals surface area (Å²) in [4.78, 5) is 140. The van der Waals surface area contributed by atoms with Crippen LogP contribution in [-0.4, -0.2) is 185 Å². The van der Waals surface area contributed by atoms with E-state index in [1.165, 1.54) is 18.7 Å². The van der Waals surface area contributed by atoms with Crippen LogP contribution in [0.25, 0.3) is 0 Å². The van der Waals surface area contributed by atoms with Crippen LogP contribution in [0.3, 0.4) is 0 Å². The second kappa shape index (κ2) is 31.9. The van der Waals surface area contributed by atoms with Crippen molar-refractivity contribution in [3.8, 4) is 0 Å². The summed E-state index contributed by atoms with van der Waals surface area (Å²) < 4.78 is 0. The third-order valence-corrected chi connectivity index (χ3v) is 11.5. The van der Waals surface area contributed by atoms with E-state index >= 15 is 0 Å². The predicted molar refractivity (Wildman–Crippen MR) is 262 cm³/mol. The molecule has 1 rings (SSSR count). The van der Waals surface area contributed by atoms with E-state index in [1.54, 1.807) is 13.8 Å². The maximum Gasteiger partial charge on any atom is 0.327 e. The first-order valence-corrected chi connectivity index (χ1v) is 23.8. The zero-order chi connectivity index (χ0) is 53.2. The largest absolute Gasteiger partial charge is 0.480 e. The van der Waals surface area contributed by atoms with Gasteiger partial charge in [0, 0.05) is 31.1 Å². The first-order chi connectivity index (χ1) is 32.9. The lowest BCUT2D eigenvalue weighted by Crippen LogP contribution is -2.60. The SMILES string of the molecule is CC[C@H](C)[C@H](NC(=O)[C@H](C)NC(=O)[C@H](CO)NC(=O)[C@H](CCCN=C(N)N)NC(=O)[C@H](CS)NC(=O)[C@H](C)N)C(=O)NCC(=O)N[C@@H](CCCN=C(N)N)C(=O)N1CCC[C@H]1C(=O)N[C@@H](CS)C(=O)O. The second-order valence-corrected chi connectivity index (χ2v) is 17.2. The summed E-state index contributed by atoms with van der Waals surface area (Å²) in [5.41, 5.74) is 27.2. The molecule has 1 saturated heterocycles. The van der Waals surface area contributed by atoms with Gasteiger partial charge in [0.25, 0.3) is 0 Å². The Hall–Kier alpha value is -6.14. The van der Waals surface area contributed by atoms with Gasteiger partial charge < -0.3 is 86.3 Å². The van der Waals surface area contributed by atoms with E-state index in [1.807, 2.05) is 0 Å². The molecule has 1 fully saturated rings. The van der Waals surface area contributed by atoms with Gasteiger partial charge in [-0.3, -0.25) is 53.1 Å². The smallest absolute Gasteiger partial charge is 0.327 e. The van der Waals surface area contributed by atoms with Gasteiger partial charge in [0.15, 0.2) is 11.9 Å². The van der Waals surface area contributed by atoms with Crippen LogP contribution in [-0.2, 0) is 47.9 Å². The maximum absolute atomic E-state index is 13.8. The van der Waals surface area contributed by atoms with E-state index < -0.39 is 133 Å². The predicted octanol–water partition coefficient (Wildman–Crippen LogP) is -7.06. The fourth-order valence-electron chi connectivity index (χ4n) is 6.61. The van der Waals surface area contributed by atoms with E-state index in [-0.39, 0.29) is 75.2 Å². The van der Waals surface area contributed by atoms with Gasteiger partial charge >= 0.3 is 5.97 Å². The molecule has 0 aromatic carbocycles. The van der Waals surface area contributed by atoms with Gasteiger partial charge in [-0.1, -0.05) is 20.3 Å². The number of hydrogen-bond acceptors (Lipinski definition) is 16. The highest BCUT2D eigenvalue weighted by atomic mass is 32.1. The summed E-state index contributed by atoms with van der Waals surface area (Å²) in [5.74, 6) is -9.87. The van der Waals surface area contributed by atoms with E-state index in [9.17, 15) is 58.2 Å². The fourth-order valence-corrected chi connectivity index (χ4v) is 7.11. The van der Waals surface area contributed by atoms with Crippen molar-refractivity contribution in [3.63, 3.8) is 0 Å². The lowest BCUT2D eigenvalue weighted by Gasteiger charge is -2.29. The van der Waals surface area contributed by atoms with Crippen molar-refractivity contribution < 1.29 is 58.2 Å². The monoisotopic (exact) mass is 1030 g/mol. The second-order valence-electron chi connectivity index (χ2n) is 16.4. The molecule has 0 aromatic heterocycles. The number of carboxylic acids is 1. The zero-order valence-corrected chi connectivity index (χ0v) is 41.6. The van der Waals surface area contributed by atoms with Gasteiger partial charge in [0.2, 0.25) is 53.2 Å². The Morgan fingerprint density at radius 2 is 1.20 bits per heavy atom. The number of rotatable bonds is 31. The lowest BCUT2D eigenvalue weighted by molar-refractivity contribution is -0.144. The van der Waals surface area contributed by atoms with Crippen LogP contribution in [0.4, 0.5) is 0 Å². The molecule has 1 heterocycles. The number of nitrogens with one attached hydrogen (secondary N) is 8. The molecule has 1 aliphatic heterocycles. The van der Waals surface area contributed by atoms with Crippen LogP contribution in [0.5, 0.6) is 0 Å². The summed E-state index contributed by atoms with van der Waals surface area (Å²) in [7, 11) is 0. The number of amides is 9. The Balaban J connectivity index is 3.10. The van der Waals surface area contributed by atoms with E-state index in [2.05, 4.69) is 77.8 Å². The molecule has 70 heavy (non-hydrogen) atoms. The Morgan fingerprint density at radius 3 is 1.71 bits per heavy atom. The Labute approximate surface area is 416 Å². The van der Waals surface area contributed by atoms with Crippen LogP contribution in [0.1, 0.15) is 72.6 Å². The number of aliphatic imine (C=N–C) groups is 2. The van der Waals surface area contributed by atoms with Crippen LogP contribution in [0.15, 0.2) is 9.98 Å². The molecule has 9 amide bonds. The van der Waals surface area contributed by atoms with Crippen LogP contribution < -0.4 is 71.2 Å². The average molecular weight is 1030 g/mol. The average Bonchev–Trinajstić information content (AvgIpc) is 3.81. The van der Waals surface area contributed by atoms with Gasteiger partial charge in [-0.05, 0) is 58.3 Å². The molecule has 10 atom stereocenters. The Morgan fingerprint density at radius 1 is 0.671 bits per heavy atom. The van der Waals surface area contributed by atoms with Crippen molar-refractivity contribution in [2.75, 3.05) is 44.3 Å². The standard InChI is InChI=1S/C40H72N16O12S2/c1-5-19(2)29(36(65)48-15-28(58)50-23(10-7-13-47-40(44)45)37(66)56-14-8-11-27(56)35(64)54-26(18-70)38(67)68)55-31(60)21(4)49-33(62)24(16-57)52-32(61)22(9-6-12-46-39(42)43)51-34(63)25(17-69)53-30(59)20(3)41/h19-27,29,57,69-70H,5-18,41H2,1-4H3,(H,48,65)(H,49,62)(H,50,58)(H,51,63)(H,52,61)(H,53,59)(H,54,64)(H,55,60)(H,67,68)(H4,42,43,46)(H4,44,45,47)/t19-,20-,21-,22-,23-,24-,25-,26-,27-,29-/m0/s1. The van der Waals surface area contributed by atoms with Gasteiger partial charge in [-0.15, -0.1) is 0 Å². The van der Waals surface area contributed by atoms with E-state index in [0.717, 1.165) is 0 Å². The number of carbonyl (C=O) groups excluding carboxylic acids is 9. The Kier molecular flexibility index (Phi) is 28.2. The van der Waals surface area contributed by atoms with Crippen molar-refractivity contribution in [3.05, 3.63) is 0 Å². The number of carboxylic acid groups (broad SMARTS) is 1. The van der Waals surface area contributed by atoms with Crippen molar-refractivity contribution in [2.45, 2.75) is 127 Å². The fraction of sp³-hybridized carbons (Fsp3) is 0.700. The van der Waals surface area contributed by atoms with Crippen LogP contribution in [0.2, 0.25) is 0 Å². The molecule has 0 aliphatic carbocycles. The van der Waals surface area contributed by atoms with E-state index in [4.69, 9.17) is 28.7 Å². The van der Waals surface area contributed by atoms with Gasteiger partial charge in [-0.25, -0.2) is 4.79 Å². The number of hydrogen-bond donors (Lipinski definition) is 17. The highest BCUT2D eigenvalue weighted by Crippen LogP contribution is 2.20. The maximum atomic E-state index is 13.8. The summed E-state index contributed by atoms with van der Waals surface area (Å²) in [6, 6.07) is -11.3. The first kappa shape index (κ1) is 61.9. The van der Waals surface area contributed by atoms with Crippen LogP contribution in [0, 0.1) is 5.92 Å². The first-order valence-electron chi connectivity index (χ1n) is 22.5. The molecular weight excluding hydrogens is 961 g/mol. The normalized spacial score (nSPS) is 16.9. The third-order valence-electron chi connectivity index (χ3n) is 10.8. The van der Waals surface area contributed by atoms with Crippen molar-refractivity contribution >= 4 is 96.3 Å². The number of thiol groups is 2. The van der Waals surface area contributed by atoms with Gasteiger partial charge in [0.05, 0.1) is 19.2 Å². The molecule has 0 saturated carbocycles. The summed E-state index contributed by atoms with van der Waals surface area (Å²) in [5, 5.41) is 39.0. The zero-order valence-electron chi connectivity index (χ0n) is 39.8. The number of aliphatic hydroxyl groups excluding tert-OH is 1. The minimum absolute atomic E-state index is 0.00907. The molecule has 0 unspecified atom stereocenters. The topological polar surface area (TPSA) is 465 Å². The summed E-state index contributed by atoms with van der Waals surface area (Å²) >= 11 is 8.06. The number of carbonyl (C=O) groups is 10. The number of aliphatic carboxylic acids is 1. The number of guanidine groups is 2. The highest BCUT2D eigenvalue weighted by molar-refractivity contribution is 7.80. The molecule has 30 heteroatoms. The molecule has 20 N–H and O–H groups in total. The molecule has 0 radical (unpaired) electrons. The van der Waals surface area contributed by atoms with Crippen molar-refractivity contribution in [2.24, 2.45) is 44.6 Å². The number of likely N-dealkylation sites (tertiary alicyclic amines) is 1. The molecule has 0 bridgehead atoms. The lowest BCUT2D eigenvalue weighted by atomic mass is 9.98. The summed E-state index contributed by atoms with van der Waals surface area (Å²) in [6.45, 7) is 4.72. The quantitative estimate of drug-likeness (QED) is 0.0133. The van der Waals surface area contributed by atoms with Crippen molar-refractivity contribution in [1.29, 1.82) is 0 Å². The Bertz CT molecular complexity index is 1890. The molecular formula is C40H72N16O12S2. The van der Waals surface area contributed by atoms with Gasteiger partial charge in [0.1, 0.15) is 48.3 Å². The number of nitrogens with zero attached hydrogens (tertiary/aromatic N) is 3. The summed E-state index contributed by atoms with van der Waals surface area (Å²) in [6.07, 6.45) is 1.32. The van der Waals surface area contributed by atoms with Crippen LogP contribution >= 0.6 is 25.3 Å². The molecule has 1 aliphatic rings. The number of aliphatic hydroxyl groups is 1. The third kappa shape index (κ3) is 21.7. The minimum atomic E-state index is -1.65. The molecule has 0 aromatic rings. The van der Waals surface area contributed by atoms with E-state index in [0.29, 0.717) is 12.8 Å². The van der Waals surface area contributed by atoms with Gasteiger partial charge in [-0.2, -0.15) is 25.3 Å². The van der Waals surface area contributed by atoms with Crippen molar-refractivity contribution in [1.82, 2.24) is 47.4 Å². The molecule has 28 nitrogen and oxygen atoms in total. The molecule has 396 valence electrons. The highest BCUT2D eigenvalue weighted by Gasteiger charge is 2.39. The number of nitrogens with two attached hydrogens (primary N) is 5.